The van der Waals surface area contributed by atoms with Crippen molar-refractivity contribution in [2.75, 3.05) is 12.9 Å². The number of nitriles is 1. The molecule has 1 aromatic carbocycles. The van der Waals surface area contributed by atoms with Crippen LogP contribution in [0.2, 0.25) is 0 Å². The Morgan fingerprint density at radius 2 is 1.94 bits per heavy atom. The monoisotopic (exact) mass is 265 g/mol. The summed E-state index contributed by atoms with van der Waals surface area (Å²) in [6.45, 7) is 1.51. The van der Waals surface area contributed by atoms with Gasteiger partial charge in [-0.25, -0.2) is 8.42 Å². The number of nitrogens with zero attached hydrogens (tertiary/aromatic N) is 1. The molecule has 0 saturated heterocycles. The van der Waals surface area contributed by atoms with Gasteiger partial charge in [0.2, 0.25) is 0 Å². The van der Waals surface area contributed by atoms with Gasteiger partial charge in [-0.3, -0.25) is 0 Å². The Morgan fingerprint density at radius 3 is 2.28 bits per heavy atom. The maximum absolute atomic E-state index is 11.7. The highest BCUT2D eigenvalue weighted by atomic mass is 32.2. The van der Waals surface area contributed by atoms with Crippen LogP contribution < -0.4 is 0 Å². The largest absolute Gasteiger partial charge is 0.395 e. The van der Waals surface area contributed by atoms with Crippen molar-refractivity contribution in [1.29, 1.82) is 5.26 Å². The molecule has 0 aliphatic heterocycles. The summed E-state index contributed by atoms with van der Waals surface area (Å²) in [7, 11) is -3.35. The molecule has 18 heavy (non-hydrogen) atoms. The van der Waals surface area contributed by atoms with Gasteiger partial charge in [-0.2, -0.15) is 5.26 Å². The Labute approximate surface area is 107 Å². The van der Waals surface area contributed by atoms with E-state index < -0.39 is 33.0 Å². The summed E-state index contributed by atoms with van der Waals surface area (Å²) in [6.07, 6.45) is 1.12. The smallest absolute Gasteiger partial charge is 0.152 e. The molecule has 4 nitrogen and oxygen atoms in total. The van der Waals surface area contributed by atoms with E-state index in [0.717, 1.165) is 17.4 Å². The molecule has 0 bridgehead atoms. The molecule has 0 amide bonds. The van der Waals surface area contributed by atoms with Gasteiger partial charge in [0.05, 0.1) is 17.9 Å². The average Bonchev–Trinajstić information content (AvgIpc) is 3.00. The standard InChI is InChI=1S/C13H15NO3S/c1-9-3-5-10(6-4-9)11-12(18(2,16)17)13(11,7-14)8-15/h3-6,11-12,15H,8H2,1-2H3/t11-,12+,13+/m1/s1. The van der Waals surface area contributed by atoms with E-state index in [9.17, 15) is 18.8 Å². The lowest BCUT2D eigenvalue weighted by Crippen LogP contribution is -2.16. The van der Waals surface area contributed by atoms with Crippen molar-refractivity contribution in [3.05, 3.63) is 35.4 Å². The molecule has 1 N–H and O–H groups in total. The van der Waals surface area contributed by atoms with Gasteiger partial charge in [0.15, 0.2) is 9.84 Å². The summed E-state index contributed by atoms with van der Waals surface area (Å²) >= 11 is 0. The lowest BCUT2D eigenvalue weighted by Gasteiger charge is -2.03. The van der Waals surface area contributed by atoms with Gasteiger partial charge in [-0.15, -0.1) is 0 Å². The Morgan fingerprint density at radius 1 is 1.39 bits per heavy atom. The van der Waals surface area contributed by atoms with Crippen LogP contribution in [-0.4, -0.2) is 31.6 Å². The molecule has 1 fully saturated rings. The van der Waals surface area contributed by atoms with Crippen molar-refractivity contribution in [2.45, 2.75) is 18.1 Å². The first-order chi connectivity index (χ1) is 8.36. The molecule has 96 valence electrons. The molecule has 0 spiro atoms. The molecule has 1 saturated carbocycles. The van der Waals surface area contributed by atoms with Crippen molar-refractivity contribution >= 4 is 9.84 Å². The van der Waals surface area contributed by atoms with Gasteiger partial charge >= 0.3 is 0 Å². The number of benzene rings is 1. The summed E-state index contributed by atoms with van der Waals surface area (Å²) in [4.78, 5) is 0. The maximum atomic E-state index is 11.7. The second kappa shape index (κ2) is 4.08. The fraction of sp³-hybridized carbons (Fsp3) is 0.462. The summed E-state index contributed by atoms with van der Waals surface area (Å²) in [5.41, 5.74) is 0.691. The van der Waals surface area contributed by atoms with Crippen LogP contribution in [0.25, 0.3) is 0 Å². The van der Waals surface area contributed by atoms with Crippen LogP contribution in [0.5, 0.6) is 0 Å². The van der Waals surface area contributed by atoms with E-state index in [0.29, 0.717) is 0 Å². The number of rotatable bonds is 3. The summed E-state index contributed by atoms with van der Waals surface area (Å²) in [5.74, 6) is -0.428. The Bertz CT molecular complexity index is 600. The first-order valence-corrected chi connectivity index (χ1v) is 7.60. The van der Waals surface area contributed by atoms with Crippen molar-refractivity contribution in [1.82, 2.24) is 0 Å². The molecule has 3 atom stereocenters. The molecule has 0 heterocycles. The van der Waals surface area contributed by atoms with Crippen LogP contribution in [0.4, 0.5) is 0 Å². The van der Waals surface area contributed by atoms with Crippen LogP contribution in [-0.2, 0) is 9.84 Å². The molecule has 0 unspecified atom stereocenters. The average molecular weight is 265 g/mol. The highest BCUT2D eigenvalue weighted by molar-refractivity contribution is 7.91. The quantitative estimate of drug-likeness (QED) is 0.884. The molecule has 0 aromatic heterocycles. The summed E-state index contributed by atoms with van der Waals surface area (Å²) < 4.78 is 23.4. The van der Waals surface area contributed by atoms with Gasteiger partial charge in [0, 0.05) is 12.2 Å². The van der Waals surface area contributed by atoms with Gasteiger partial charge in [0.1, 0.15) is 5.41 Å². The van der Waals surface area contributed by atoms with E-state index in [1.54, 1.807) is 0 Å². The van der Waals surface area contributed by atoms with E-state index >= 15 is 0 Å². The van der Waals surface area contributed by atoms with E-state index in [2.05, 4.69) is 0 Å². The topological polar surface area (TPSA) is 78.2 Å². The highest BCUT2D eigenvalue weighted by Crippen LogP contribution is 2.62. The molecular formula is C13H15NO3S. The summed E-state index contributed by atoms with van der Waals surface area (Å²) in [6, 6.07) is 9.41. The Balaban J connectivity index is 2.46. The van der Waals surface area contributed by atoms with E-state index in [-0.39, 0.29) is 0 Å². The van der Waals surface area contributed by atoms with Crippen molar-refractivity contribution < 1.29 is 13.5 Å². The van der Waals surface area contributed by atoms with Crippen molar-refractivity contribution in [3.8, 4) is 6.07 Å². The second-order valence-corrected chi connectivity index (χ2v) is 7.12. The third-order valence-corrected chi connectivity index (χ3v) is 5.24. The lowest BCUT2D eigenvalue weighted by molar-refractivity contribution is 0.242. The fourth-order valence-electron chi connectivity index (χ4n) is 2.64. The normalized spacial score (nSPS) is 30.8. The Hall–Kier alpha value is -1.38. The highest BCUT2D eigenvalue weighted by Gasteiger charge is 2.70. The van der Waals surface area contributed by atoms with Crippen LogP contribution in [0.15, 0.2) is 24.3 Å². The molecule has 1 aliphatic rings. The number of hydrogen-bond acceptors (Lipinski definition) is 4. The van der Waals surface area contributed by atoms with Crippen LogP contribution in [0, 0.1) is 23.7 Å². The van der Waals surface area contributed by atoms with Crippen molar-refractivity contribution in [2.24, 2.45) is 5.41 Å². The number of aliphatic hydroxyl groups is 1. The lowest BCUT2D eigenvalue weighted by atomic mass is 10.0. The predicted molar refractivity (Wildman–Crippen MR) is 67.7 cm³/mol. The van der Waals surface area contributed by atoms with Crippen LogP contribution in [0.3, 0.4) is 0 Å². The summed E-state index contributed by atoms with van der Waals surface area (Å²) in [5, 5.41) is 17.8. The van der Waals surface area contributed by atoms with Gasteiger partial charge in [0.25, 0.3) is 0 Å². The molecule has 1 aliphatic carbocycles. The van der Waals surface area contributed by atoms with Crippen LogP contribution >= 0.6 is 0 Å². The van der Waals surface area contributed by atoms with Gasteiger partial charge < -0.3 is 5.11 Å². The zero-order chi connectivity index (χ0) is 13.6. The third-order valence-electron chi connectivity index (χ3n) is 3.62. The molecular weight excluding hydrogens is 250 g/mol. The second-order valence-electron chi connectivity index (χ2n) is 4.95. The van der Waals surface area contributed by atoms with E-state index in [1.165, 1.54) is 0 Å². The van der Waals surface area contributed by atoms with Gasteiger partial charge in [-0.1, -0.05) is 29.8 Å². The van der Waals surface area contributed by atoms with Gasteiger partial charge in [-0.05, 0) is 12.5 Å². The number of aliphatic hydroxyl groups excluding tert-OH is 1. The molecule has 2 rings (SSSR count). The maximum Gasteiger partial charge on any atom is 0.152 e. The fourth-order valence-corrected chi connectivity index (χ4v) is 4.49. The molecule has 0 radical (unpaired) electrons. The number of sulfone groups is 1. The minimum absolute atomic E-state index is 0.428. The minimum atomic E-state index is -3.35. The van der Waals surface area contributed by atoms with E-state index in [1.807, 2.05) is 37.3 Å². The first-order valence-electron chi connectivity index (χ1n) is 5.64. The minimum Gasteiger partial charge on any atom is -0.395 e. The van der Waals surface area contributed by atoms with Crippen molar-refractivity contribution in [3.63, 3.8) is 0 Å². The Kier molecular flexibility index (Phi) is 2.96. The molecule has 5 heteroatoms. The third kappa shape index (κ3) is 1.82. The predicted octanol–water partition coefficient (Wildman–Crippen LogP) is 1.01. The SMILES string of the molecule is Cc1ccc([C@@H]2[C@H](S(C)(=O)=O)[C@@]2(C#N)CO)cc1. The number of hydrogen-bond donors (Lipinski definition) is 1. The zero-order valence-corrected chi connectivity index (χ0v) is 11.1. The first kappa shape index (κ1) is 13.1. The van der Waals surface area contributed by atoms with Crippen LogP contribution in [0.1, 0.15) is 17.0 Å². The number of aryl methyl sites for hydroxylation is 1. The molecule has 1 aromatic rings. The zero-order valence-electron chi connectivity index (χ0n) is 10.3. The van der Waals surface area contributed by atoms with E-state index in [4.69, 9.17) is 0 Å².